The van der Waals surface area contributed by atoms with Crippen molar-refractivity contribution in [2.24, 2.45) is 0 Å². The number of aromatic nitrogens is 2. The van der Waals surface area contributed by atoms with Crippen LogP contribution in [0.25, 0.3) is 0 Å². The molecule has 222 valence electrons. The van der Waals surface area contributed by atoms with E-state index in [0.717, 1.165) is 12.3 Å². The van der Waals surface area contributed by atoms with Crippen LogP contribution in [-0.2, 0) is 21.1 Å². The molecule has 11 nitrogen and oxygen atoms in total. The molecule has 3 aromatic rings. The monoisotopic (exact) mass is 621 g/mol. The third kappa shape index (κ3) is 6.11. The Labute approximate surface area is 235 Å². The minimum atomic E-state index is -4.66. The van der Waals surface area contributed by atoms with E-state index in [9.17, 15) is 18.7 Å². The van der Waals surface area contributed by atoms with Gasteiger partial charge in [-0.15, -0.1) is 0 Å². The van der Waals surface area contributed by atoms with Crippen LogP contribution in [0.1, 0.15) is 6.23 Å². The molecule has 2 aromatic carbocycles. The molecule has 1 aliphatic heterocycles. The lowest BCUT2D eigenvalue weighted by atomic mass is 9.95. The van der Waals surface area contributed by atoms with Crippen LogP contribution >= 0.6 is 6.72 Å². The first-order valence-corrected chi connectivity index (χ1v) is 14.2. The SMILES string of the molecule is COc1ccc(OP(=S)(OC[C@@]2(C(F)F)O[C@@H](n3ccc(N)nc3=O)C(O)C2(F)F)Oc2ccc(OC)cc2)cc1. The number of aliphatic hydroxyl groups excluding tert-OH is 1. The zero-order valence-corrected chi connectivity index (χ0v) is 23.1. The Balaban J connectivity index is 1.68. The standard InChI is InChI=1S/C24H24F4N3O8PS/c1-34-14-3-7-16(8-4-14)38-40(41,39-17-9-5-15(35-2)6-10-17)36-13-23(21(25)26)24(27,28)19(32)20(37-23)31-12-11-18(29)30-22(31)33/h3-12,19-21,32H,13H2,1-2H3,(H2,29,30,33)/t19?,20-,23+/m1/s1. The van der Waals surface area contributed by atoms with Crippen molar-refractivity contribution < 1.29 is 50.5 Å². The number of hydrogen-bond donors (Lipinski definition) is 2. The fourth-order valence-electron chi connectivity index (χ4n) is 3.78. The normalized spacial score (nSPS) is 22.0. The van der Waals surface area contributed by atoms with Crippen molar-refractivity contribution in [2.45, 2.75) is 30.3 Å². The summed E-state index contributed by atoms with van der Waals surface area (Å²) in [6.07, 6.45) is -8.25. The summed E-state index contributed by atoms with van der Waals surface area (Å²) >= 11 is 5.42. The first-order chi connectivity index (χ1) is 19.3. The maximum absolute atomic E-state index is 15.4. The molecule has 1 fully saturated rings. The second-order valence-electron chi connectivity index (χ2n) is 8.56. The maximum Gasteiger partial charge on any atom is 0.435 e. The second-order valence-corrected chi connectivity index (χ2v) is 11.4. The van der Waals surface area contributed by atoms with E-state index >= 15 is 8.78 Å². The van der Waals surface area contributed by atoms with Gasteiger partial charge in [0, 0.05) is 18.0 Å². The molecule has 17 heteroatoms. The molecule has 0 bridgehead atoms. The molecule has 3 atom stereocenters. The van der Waals surface area contributed by atoms with Gasteiger partial charge < -0.3 is 34.1 Å². The molecular formula is C24H24F4N3O8PS. The molecule has 1 saturated heterocycles. The number of nitrogen functional groups attached to an aromatic ring is 1. The molecule has 3 N–H and O–H groups in total. The smallest absolute Gasteiger partial charge is 0.435 e. The molecule has 0 amide bonds. The highest BCUT2D eigenvalue weighted by atomic mass is 32.5. The highest BCUT2D eigenvalue weighted by Gasteiger charge is 2.74. The predicted molar refractivity (Wildman–Crippen MR) is 140 cm³/mol. The molecule has 0 spiro atoms. The number of rotatable bonds is 11. The second kappa shape index (κ2) is 11.8. The summed E-state index contributed by atoms with van der Waals surface area (Å²) in [6.45, 7) is -5.81. The number of benzene rings is 2. The Bertz CT molecular complexity index is 1410. The zero-order valence-electron chi connectivity index (χ0n) is 21.4. The van der Waals surface area contributed by atoms with Gasteiger partial charge >= 0.3 is 18.3 Å². The molecule has 0 saturated carbocycles. The van der Waals surface area contributed by atoms with Crippen LogP contribution < -0.4 is 29.9 Å². The van der Waals surface area contributed by atoms with Crippen molar-refractivity contribution >= 4 is 24.3 Å². The van der Waals surface area contributed by atoms with Crippen LogP contribution in [0.4, 0.5) is 23.4 Å². The number of anilines is 1. The van der Waals surface area contributed by atoms with Gasteiger partial charge in [0.2, 0.25) is 5.60 Å². The lowest BCUT2D eigenvalue weighted by Gasteiger charge is -2.34. The van der Waals surface area contributed by atoms with Gasteiger partial charge in [0.15, 0.2) is 12.3 Å². The van der Waals surface area contributed by atoms with E-state index in [4.69, 9.17) is 45.3 Å². The highest BCUT2D eigenvalue weighted by molar-refractivity contribution is 8.07. The van der Waals surface area contributed by atoms with Crippen LogP contribution in [0.5, 0.6) is 23.0 Å². The maximum atomic E-state index is 15.4. The minimum absolute atomic E-state index is 0.0465. The number of nitrogens with zero attached hydrogens (tertiary/aromatic N) is 2. The Morgan fingerprint density at radius 2 is 1.51 bits per heavy atom. The van der Waals surface area contributed by atoms with Crippen molar-refractivity contribution in [2.75, 3.05) is 26.6 Å². The topological polar surface area (TPSA) is 137 Å². The summed E-state index contributed by atoms with van der Waals surface area (Å²) in [5, 5.41) is 10.4. The molecule has 1 aromatic heterocycles. The molecule has 41 heavy (non-hydrogen) atoms. The fourth-order valence-corrected chi connectivity index (χ4v) is 5.71. The molecule has 2 heterocycles. The molecule has 1 aliphatic rings. The Hall–Kier alpha value is -3.43. The van der Waals surface area contributed by atoms with Gasteiger partial charge in [-0.1, -0.05) is 0 Å². The van der Waals surface area contributed by atoms with Gasteiger partial charge in [-0.05, 0) is 54.6 Å². The summed E-state index contributed by atoms with van der Waals surface area (Å²) in [5.74, 6) is -3.93. The molecule has 0 radical (unpaired) electrons. The third-order valence-electron chi connectivity index (χ3n) is 6.01. The van der Waals surface area contributed by atoms with E-state index in [1.807, 2.05) is 0 Å². The average Bonchev–Trinajstić information content (AvgIpc) is 3.14. The van der Waals surface area contributed by atoms with Crippen LogP contribution in [-0.4, -0.2) is 59.5 Å². The van der Waals surface area contributed by atoms with Gasteiger partial charge in [-0.3, -0.25) is 9.09 Å². The van der Waals surface area contributed by atoms with Crippen LogP contribution in [0.3, 0.4) is 0 Å². The number of halogens is 4. The number of hydrogen-bond acceptors (Lipinski definition) is 11. The van der Waals surface area contributed by atoms with E-state index in [2.05, 4.69) is 4.98 Å². The Kier molecular flexibility index (Phi) is 8.80. The Morgan fingerprint density at radius 3 is 1.95 bits per heavy atom. The molecule has 1 unspecified atom stereocenters. The molecular weight excluding hydrogens is 597 g/mol. The number of ether oxygens (including phenoxy) is 3. The summed E-state index contributed by atoms with van der Waals surface area (Å²) in [4.78, 5) is 15.6. The van der Waals surface area contributed by atoms with Gasteiger partial charge in [0.1, 0.15) is 28.8 Å². The summed E-state index contributed by atoms with van der Waals surface area (Å²) in [7, 11) is 2.86. The van der Waals surface area contributed by atoms with E-state index < -0.39 is 49.3 Å². The number of nitrogens with two attached hydrogens (primary N) is 1. The van der Waals surface area contributed by atoms with Crippen molar-refractivity contribution in [3.05, 3.63) is 71.3 Å². The third-order valence-corrected chi connectivity index (χ3v) is 8.08. The van der Waals surface area contributed by atoms with E-state index in [1.54, 1.807) is 0 Å². The van der Waals surface area contributed by atoms with Crippen LogP contribution in [0.2, 0.25) is 0 Å². The van der Waals surface area contributed by atoms with Gasteiger partial charge in [0.25, 0.3) is 6.43 Å². The Morgan fingerprint density at radius 1 is 1.02 bits per heavy atom. The lowest BCUT2D eigenvalue weighted by molar-refractivity contribution is -0.242. The van der Waals surface area contributed by atoms with Gasteiger partial charge in [-0.25, -0.2) is 13.6 Å². The number of alkyl halides is 4. The van der Waals surface area contributed by atoms with Gasteiger partial charge in [-0.2, -0.15) is 13.8 Å². The molecule has 0 aliphatic carbocycles. The minimum Gasteiger partial charge on any atom is -0.497 e. The average molecular weight is 622 g/mol. The first-order valence-electron chi connectivity index (χ1n) is 11.6. The quantitative estimate of drug-likeness (QED) is 0.239. The summed E-state index contributed by atoms with van der Waals surface area (Å²) in [5.41, 5.74) is 0.405. The summed E-state index contributed by atoms with van der Waals surface area (Å²) < 4.78 is 92.2. The van der Waals surface area contributed by atoms with Crippen molar-refractivity contribution in [1.29, 1.82) is 0 Å². The van der Waals surface area contributed by atoms with Crippen molar-refractivity contribution in [3.63, 3.8) is 0 Å². The van der Waals surface area contributed by atoms with Crippen LogP contribution in [0, 0.1) is 0 Å². The van der Waals surface area contributed by atoms with E-state index in [1.165, 1.54) is 62.8 Å². The van der Waals surface area contributed by atoms with Gasteiger partial charge in [0.05, 0.1) is 20.8 Å². The zero-order chi connectivity index (χ0) is 30.0. The molecule has 4 rings (SSSR count). The van der Waals surface area contributed by atoms with E-state index in [-0.39, 0.29) is 17.3 Å². The number of aliphatic hydroxyl groups is 1. The number of methoxy groups -OCH3 is 2. The van der Waals surface area contributed by atoms with Crippen molar-refractivity contribution in [3.8, 4) is 23.0 Å². The van der Waals surface area contributed by atoms with E-state index in [0.29, 0.717) is 16.1 Å². The highest BCUT2D eigenvalue weighted by Crippen LogP contribution is 2.56. The fraction of sp³-hybridized carbons (Fsp3) is 0.333. The largest absolute Gasteiger partial charge is 0.497 e. The van der Waals surface area contributed by atoms with Crippen LogP contribution in [0.15, 0.2) is 65.6 Å². The lowest BCUT2D eigenvalue weighted by Crippen LogP contribution is -2.57. The van der Waals surface area contributed by atoms with Crippen molar-refractivity contribution in [1.82, 2.24) is 9.55 Å². The predicted octanol–water partition coefficient (Wildman–Crippen LogP) is 3.77. The first kappa shape index (κ1) is 30.5. The summed E-state index contributed by atoms with van der Waals surface area (Å²) in [6, 6.07) is 12.7.